The fourth-order valence-electron chi connectivity index (χ4n) is 3.04. The normalized spacial score (nSPS) is 18.4. The minimum Gasteiger partial charge on any atom is -0.444 e. The van der Waals surface area contributed by atoms with Crippen molar-refractivity contribution in [2.75, 3.05) is 13.1 Å². The van der Waals surface area contributed by atoms with E-state index in [9.17, 15) is 14.0 Å². The number of ether oxygens (including phenoxy) is 1. The van der Waals surface area contributed by atoms with E-state index in [0.29, 0.717) is 18.6 Å². The summed E-state index contributed by atoms with van der Waals surface area (Å²) in [5.41, 5.74) is -0.397. The van der Waals surface area contributed by atoms with Gasteiger partial charge >= 0.3 is 6.09 Å². The summed E-state index contributed by atoms with van der Waals surface area (Å²) >= 11 is 0. The Labute approximate surface area is 145 Å². The van der Waals surface area contributed by atoms with Crippen molar-refractivity contribution in [3.05, 3.63) is 40.7 Å². The molecule has 1 saturated heterocycles. The summed E-state index contributed by atoms with van der Waals surface area (Å²) in [4.78, 5) is 30.9. The molecule has 0 bridgehead atoms. The molecule has 0 saturated carbocycles. The van der Waals surface area contributed by atoms with E-state index >= 15 is 0 Å². The van der Waals surface area contributed by atoms with Gasteiger partial charge in [0, 0.05) is 13.1 Å². The number of amides is 1. The molecule has 1 atom stereocenters. The maximum atomic E-state index is 13.5. The largest absolute Gasteiger partial charge is 0.444 e. The highest BCUT2D eigenvalue weighted by molar-refractivity contribution is 5.77. The van der Waals surface area contributed by atoms with Gasteiger partial charge in [-0.3, -0.25) is 9.36 Å². The number of aromatic nitrogens is 2. The molecule has 134 valence electrons. The van der Waals surface area contributed by atoms with Crippen molar-refractivity contribution in [1.82, 2.24) is 14.5 Å². The smallest absolute Gasteiger partial charge is 0.410 e. The lowest BCUT2D eigenvalue weighted by atomic mass is 10.1. The van der Waals surface area contributed by atoms with E-state index in [1.807, 2.05) is 20.8 Å². The van der Waals surface area contributed by atoms with E-state index < -0.39 is 11.4 Å². The Bertz CT molecular complexity index is 857. The highest BCUT2D eigenvalue weighted by atomic mass is 19.1. The Hall–Kier alpha value is -2.44. The number of likely N-dealkylation sites (tertiary alicyclic amines) is 1. The zero-order valence-corrected chi connectivity index (χ0v) is 14.7. The molecule has 3 rings (SSSR count). The minimum atomic E-state index is -0.567. The van der Waals surface area contributed by atoms with E-state index in [1.54, 1.807) is 4.90 Å². The Balaban J connectivity index is 1.87. The number of rotatable bonds is 1. The number of fused-ring (bicyclic) bond motifs is 1. The van der Waals surface area contributed by atoms with Crippen molar-refractivity contribution in [3.8, 4) is 0 Å². The second-order valence-corrected chi connectivity index (χ2v) is 7.34. The standard InChI is InChI=1S/C18H22FN3O3/c1-18(2,3)25-17(24)21-8-4-5-13(10-21)22-11-20-15-7-6-12(19)9-14(15)16(22)23/h6-7,9,11,13H,4-5,8,10H2,1-3H3/t13-/m1/s1. The van der Waals surface area contributed by atoms with Crippen LogP contribution in [0.1, 0.15) is 39.7 Å². The average Bonchev–Trinajstić information content (AvgIpc) is 2.54. The molecular formula is C18H22FN3O3. The van der Waals surface area contributed by atoms with Crippen molar-refractivity contribution in [2.24, 2.45) is 0 Å². The van der Waals surface area contributed by atoms with Gasteiger partial charge in [-0.05, 0) is 51.8 Å². The average molecular weight is 347 g/mol. The summed E-state index contributed by atoms with van der Waals surface area (Å²) in [6, 6.07) is 3.78. The zero-order valence-electron chi connectivity index (χ0n) is 14.7. The summed E-state index contributed by atoms with van der Waals surface area (Å²) in [5.74, 6) is -0.469. The summed E-state index contributed by atoms with van der Waals surface area (Å²) in [5, 5.41) is 0.247. The summed E-state index contributed by atoms with van der Waals surface area (Å²) in [6.07, 6.45) is 2.61. The SMILES string of the molecule is CC(C)(C)OC(=O)N1CCC[C@@H](n2cnc3ccc(F)cc3c2=O)C1. The number of hydrogen-bond donors (Lipinski definition) is 0. The van der Waals surface area contributed by atoms with Crippen LogP contribution in [0.15, 0.2) is 29.3 Å². The third kappa shape index (κ3) is 3.81. The van der Waals surface area contributed by atoms with Crippen molar-refractivity contribution >= 4 is 17.0 Å². The predicted molar refractivity (Wildman–Crippen MR) is 92.0 cm³/mol. The number of piperidine rings is 1. The van der Waals surface area contributed by atoms with Gasteiger partial charge < -0.3 is 9.64 Å². The molecule has 1 aromatic carbocycles. The Morgan fingerprint density at radius 1 is 1.36 bits per heavy atom. The zero-order chi connectivity index (χ0) is 18.2. The first-order valence-electron chi connectivity index (χ1n) is 8.39. The third-order valence-electron chi connectivity index (χ3n) is 4.19. The second kappa shape index (κ2) is 6.46. The number of benzene rings is 1. The van der Waals surface area contributed by atoms with Crippen LogP contribution in [-0.2, 0) is 4.74 Å². The lowest BCUT2D eigenvalue weighted by Crippen LogP contribution is -2.45. The molecule has 1 aromatic heterocycles. The second-order valence-electron chi connectivity index (χ2n) is 7.34. The first kappa shape index (κ1) is 17.4. The van der Waals surface area contributed by atoms with Gasteiger partial charge in [0.15, 0.2) is 0 Å². The van der Waals surface area contributed by atoms with E-state index in [0.717, 1.165) is 12.8 Å². The van der Waals surface area contributed by atoms with Crippen LogP contribution in [-0.4, -0.2) is 39.2 Å². The van der Waals surface area contributed by atoms with Crippen LogP contribution in [0.5, 0.6) is 0 Å². The Morgan fingerprint density at radius 3 is 2.84 bits per heavy atom. The van der Waals surface area contributed by atoms with Gasteiger partial charge in [0.05, 0.1) is 23.3 Å². The fraction of sp³-hybridized carbons (Fsp3) is 0.500. The number of nitrogens with zero attached hydrogens (tertiary/aromatic N) is 3. The number of carbonyl (C=O) groups excluding carboxylic acids is 1. The molecule has 1 amide bonds. The van der Waals surface area contributed by atoms with Crippen LogP contribution in [0.25, 0.3) is 10.9 Å². The van der Waals surface area contributed by atoms with Crippen molar-refractivity contribution < 1.29 is 13.9 Å². The molecule has 0 radical (unpaired) electrons. The third-order valence-corrected chi connectivity index (χ3v) is 4.19. The summed E-state index contributed by atoms with van der Waals surface area (Å²) in [7, 11) is 0. The van der Waals surface area contributed by atoms with Gasteiger partial charge in [-0.15, -0.1) is 0 Å². The lowest BCUT2D eigenvalue weighted by Gasteiger charge is -2.34. The molecule has 1 aliphatic heterocycles. The van der Waals surface area contributed by atoms with E-state index in [-0.39, 0.29) is 23.1 Å². The van der Waals surface area contributed by atoms with Crippen LogP contribution in [0, 0.1) is 5.82 Å². The highest BCUT2D eigenvalue weighted by Crippen LogP contribution is 2.22. The number of halogens is 1. The molecule has 0 unspecified atom stereocenters. The molecule has 0 spiro atoms. The van der Waals surface area contributed by atoms with Crippen molar-refractivity contribution in [1.29, 1.82) is 0 Å². The molecule has 2 heterocycles. The summed E-state index contributed by atoms with van der Waals surface area (Å²) in [6.45, 7) is 6.42. The van der Waals surface area contributed by atoms with Gasteiger partial charge in [-0.2, -0.15) is 0 Å². The maximum Gasteiger partial charge on any atom is 0.410 e. The van der Waals surface area contributed by atoms with E-state index in [1.165, 1.54) is 29.1 Å². The topological polar surface area (TPSA) is 64.4 Å². The fourth-order valence-corrected chi connectivity index (χ4v) is 3.04. The van der Waals surface area contributed by atoms with Gasteiger partial charge in [0.1, 0.15) is 11.4 Å². The molecule has 2 aromatic rings. The van der Waals surface area contributed by atoms with Crippen LogP contribution in [0.2, 0.25) is 0 Å². The van der Waals surface area contributed by atoms with Crippen LogP contribution < -0.4 is 5.56 Å². The molecule has 7 heteroatoms. The van der Waals surface area contributed by atoms with E-state index in [4.69, 9.17) is 4.74 Å². The number of hydrogen-bond acceptors (Lipinski definition) is 4. The maximum absolute atomic E-state index is 13.5. The van der Waals surface area contributed by atoms with Crippen LogP contribution >= 0.6 is 0 Å². The molecule has 25 heavy (non-hydrogen) atoms. The molecule has 0 N–H and O–H groups in total. The molecule has 0 aliphatic carbocycles. The van der Waals surface area contributed by atoms with E-state index in [2.05, 4.69) is 4.98 Å². The molecular weight excluding hydrogens is 325 g/mol. The first-order chi connectivity index (χ1) is 11.7. The Kier molecular flexibility index (Phi) is 4.49. The molecule has 6 nitrogen and oxygen atoms in total. The first-order valence-corrected chi connectivity index (χ1v) is 8.39. The predicted octanol–water partition coefficient (Wildman–Crippen LogP) is 3.11. The van der Waals surface area contributed by atoms with Crippen molar-refractivity contribution in [3.63, 3.8) is 0 Å². The van der Waals surface area contributed by atoms with Gasteiger partial charge in [-0.1, -0.05) is 0 Å². The van der Waals surface area contributed by atoms with Gasteiger partial charge in [0.25, 0.3) is 5.56 Å². The molecule has 1 aliphatic rings. The summed E-state index contributed by atoms with van der Waals surface area (Å²) < 4.78 is 20.4. The van der Waals surface area contributed by atoms with Crippen LogP contribution in [0.3, 0.4) is 0 Å². The quantitative estimate of drug-likeness (QED) is 0.795. The minimum absolute atomic E-state index is 0.200. The van der Waals surface area contributed by atoms with Gasteiger partial charge in [-0.25, -0.2) is 14.2 Å². The molecule has 1 fully saturated rings. The lowest BCUT2D eigenvalue weighted by molar-refractivity contribution is 0.0171. The van der Waals surface area contributed by atoms with Gasteiger partial charge in [0.2, 0.25) is 0 Å². The van der Waals surface area contributed by atoms with Crippen LogP contribution in [0.4, 0.5) is 9.18 Å². The number of carbonyl (C=O) groups is 1. The van der Waals surface area contributed by atoms with Crippen molar-refractivity contribution in [2.45, 2.75) is 45.3 Å². The monoisotopic (exact) mass is 347 g/mol. The Morgan fingerprint density at radius 2 is 2.12 bits per heavy atom. The highest BCUT2D eigenvalue weighted by Gasteiger charge is 2.29.